The third-order valence-corrected chi connectivity index (χ3v) is 4.08. The summed E-state index contributed by atoms with van der Waals surface area (Å²) in [6.07, 6.45) is 5.78. The summed E-state index contributed by atoms with van der Waals surface area (Å²) in [5.41, 5.74) is 12.1. The molecule has 3 unspecified atom stereocenters. The minimum atomic E-state index is -0.869. The van der Waals surface area contributed by atoms with E-state index < -0.39 is 16.7 Å². The highest BCUT2D eigenvalue weighted by Crippen LogP contribution is 2.17. The molecule has 86 valence electrons. The van der Waals surface area contributed by atoms with Gasteiger partial charge in [-0.2, -0.15) is 0 Å². The standard InChI is InChI=1S/C11H20N2OS/c1-8(2)15(3)13-10-6-4-9(5-7-10)11(12)14/h3-6,8,10-11,13-15H,7,12H2,1-2H3. The van der Waals surface area contributed by atoms with Crippen LogP contribution in [0.2, 0.25) is 0 Å². The molecular formula is C11H20N2OS. The zero-order chi connectivity index (χ0) is 11.4. The highest BCUT2D eigenvalue weighted by Gasteiger charge is 2.11. The first-order valence-corrected chi connectivity index (χ1v) is 6.60. The lowest BCUT2D eigenvalue weighted by Gasteiger charge is -2.21. The third-order valence-electron chi connectivity index (χ3n) is 2.34. The maximum absolute atomic E-state index is 9.15. The molecule has 15 heavy (non-hydrogen) atoms. The van der Waals surface area contributed by atoms with Gasteiger partial charge in [0.15, 0.2) is 0 Å². The van der Waals surface area contributed by atoms with Crippen LogP contribution in [0, 0.1) is 5.69 Å². The van der Waals surface area contributed by atoms with Crippen molar-refractivity contribution in [3.05, 3.63) is 23.8 Å². The van der Waals surface area contributed by atoms with E-state index in [2.05, 4.69) is 18.6 Å². The molecule has 1 rings (SSSR count). The summed E-state index contributed by atoms with van der Waals surface area (Å²) in [4.78, 5) is 0. The van der Waals surface area contributed by atoms with Crippen molar-refractivity contribution in [1.29, 1.82) is 0 Å². The van der Waals surface area contributed by atoms with Gasteiger partial charge in [0.05, 0.1) is 0 Å². The molecule has 1 aliphatic carbocycles. The lowest BCUT2D eigenvalue weighted by molar-refractivity contribution is 0.222. The number of thiol groups is 1. The van der Waals surface area contributed by atoms with Crippen molar-refractivity contribution in [3.8, 4) is 5.69 Å². The van der Waals surface area contributed by atoms with E-state index in [1.807, 2.05) is 18.2 Å². The maximum atomic E-state index is 9.15. The number of aliphatic hydroxyl groups is 1. The normalized spacial score (nSPS) is 25.1. The van der Waals surface area contributed by atoms with Gasteiger partial charge in [-0.05, 0) is 12.0 Å². The lowest BCUT2D eigenvalue weighted by atomic mass is 10.0. The van der Waals surface area contributed by atoms with Gasteiger partial charge in [-0.1, -0.05) is 32.1 Å². The molecule has 1 aliphatic rings. The summed E-state index contributed by atoms with van der Waals surface area (Å²) in [7, 11) is -0.616. The van der Waals surface area contributed by atoms with Crippen LogP contribution in [0.4, 0.5) is 0 Å². The molecule has 4 N–H and O–H groups in total. The van der Waals surface area contributed by atoms with Gasteiger partial charge in [-0.15, -0.1) is 16.2 Å². The quantitative estimate of drug-likeness (QED) is 0.422. The Kier molecular flexibility index (Phi) is 4.64. The van der Waals surface area contributed by atoms with Gasteiger partial charge in [0.1, 0.15) is 6.23 Å². The van der Waals surface area contributed by atoms with Gasteiger partial charge < -0.3 is 10.8 Å². The highest BCUT2D eigenvalue weighted by molar-refractivity contribution is 8.05. The largest absolute Gasteiger partial charge is 0.375 e. The molecule has 0 aromatic heterocycles. The number of hydrogen-bond donors (Lipinski definition) is 4. The Morgan fingerprint density at radius 2 is 2.33 bits per heavy atom. The van der Waals surface area contributed by atoms with Crippen LogP contribution in [-0.4, -0.2) is 22.6 Å². The monoisotopic (exact) mass is 228 g/mol. The SMILES string of the molecule is C#[SH](NC1C=CC(C(N)O)=CC1)C(C)C. The van der Waals surface area contributed by atoms with Gasteiger partial charge in [-0.25, -0.2) is 0 Å². The Bertz CT molecular complexity index is 336. The number of nitrogens with two attached hydrogens (primary N) is 1. The Hall–Kier alpha value is -0.510. The molecule has 0 fully saturated rings. The van der Waals surface area contributed by atoms with E-state index in [4.69, 9.17) is 16.5 Å². The zero-order valence-corrected chi connectivity index (χ0v) is 10.1. The summed E-state index contributed by atoms with van der Waals surface area (Å²) >= 11 is 0. The molecule has 0 radical (unpaired) electrons. The van der Waals surface area contributed by atoms with Gasteiger partial charge >= 0.3 is 0 Å². The van der Waals surface area contributed by atoms with E-state index in [0.29, 0.717) is 5.25 Å². The van der Waals surface area contributed by atoms with Crippen molar-refractivity contribution in [3.63, 3.8) is 0 Å². The second-order valence-corrected chi connectivity index (χ2v) is 6.09. The second kappa shape index (κ2) is 5.54. The number of hydrogen-bond acceptors (Lipinski definition) is 3. The van der Waals surface area contributed by atoms with Gasteiger partial charge in [0.25, 0.3) is 0 Å². The van der Waals surface area contributed by atoms with Crippen molar-refractivity contribution < 1.29 is 5.11 Å². The average molecular weight is 228 g/mol. The fraction of sp³-hybridized carbons (Fsp3) is 0.545. The molecule has 0 bridgehead atoms. The minimum absolute atomic E-state index is 0.269. The molecule has 3 nitrogen and oxygen atoms in total. The van der Waals surface area contributed by atoms with Crippen molar-refractivity contribution in [2.45, 2.75) is 37.8 Å². The molecule has 0 aromatic rings. The van der Waals surface area contributed by atoms with Crippen LogP contribution >= 0.6 is 10.5 Å². The van der Waals surface area contributed by atoms with E-state index >= 15 is 0 Å². The lowest BCUT2D eigenvalue weighted by Crippen LogP contribution is -2.27. The summed E-state index contributed by atoms with van der Waals surface area (Å²) < 4.78 is 3.37. The zero-order valence-electron chi connectivity index (χ0n) is 9.22. The van der Waals surface area contributed by atoms with Gasteiger partial charge in [0, 0.05) is 11.3 Å². The van der Waals surface area contributed by atoms with E-state index in [0.717, 1.165) is 12.0 Å². The Labute approximate surface area is 93.8 Å². The molecule has 0 saturated heterocycles. The Balaban J connectivity index is 2.47. The summed E-state index contributed by atoms with van der Waals surface area (Å²) in [5.74, 6) is 0. The number of rotatable bonds is 2. The maximum Gasteiger partial charge on any atom is 0.128 e. The van der Waals surface area contributed by atoms with Gasteiger partial charge in [0.2, 0.25) is 0 Å². The van der Waals surface area contributed by atoms with E-state index in [9.17, 15) is 0 Å². The van der Waals surface area contributed by atoms with E-state index in [-0.39, 0.29) is 6.04 Å². The summed E-state index contributed by atoms with van der Waals surface area (Å²) in [5, 5.41) is 9.62. The fourth-order valence-corrected chi connectivity index (χ4v) is 2.17. The fourth-order valence-electron chi connectivity index (χ4n) is 1.29. The minimum Gasteiger partial charge on any atom is -0.375 e. The van der Waals surface area contributed by atoms with E-state index in [1.54, 1.807) is 0 Å². The molecule has 0 amide bonds. The van der Waals surface area contributed by atoms with Crippen LogP contribution in [0.5, 0.6) is 0 Å². The van der Waals surface area contributed by atoms with Crippen LogP contribution in [0.1, 0.15) is 20.3 Å². The first kappa shape index (κ1) is 12.6. The number of nitrogens with one attached hydrogen (secondary N) is 1. The number of aliphatic hydroxyl groups excluding tert-OH is 1. The molecule has 0 aliphatic heterocycles. The van der Waals surface area contributed by atoms with E-state index in [1.165, 1.54) is 0 Å². The van der Waals surface area contributed by atoms with Gasteiger partial charge in [-0.3, -0.25) is 4.72 Å². The van der Waals surface area contributed by atoms with Crippen molar-refractivity contribution >= 4 is 10.5 Å². The smallest absolute Gasteiger partial charge is 0.128 e. The molecule has 0 aromatic carbocycles. The van der Waals surface area contributed by atoms with Crippen LogP contribution in [-0.2, 0) is 0 Å². The highest BCUT2D eigenvalue weighted by atomic mass is 32.2. The predicted molar refractivity (Wildman–Crippen MR) is 68.0 cm³/mol. The predicted octanol–water partition coefficient (Wildman–Crippen LogP) is 1.02. The average Bonchev–Trinajstić information content (AvgIpc) is 2.18. The molecule has 0 saturated carbocycles. The van der Waals surface area contributed by atoms with Crippen LogP contribution in [0.25, 0.3) is 0 Å². The molecule has 0 heterocycles. The first-order valence-electron chi connectivity index (χ1n) is 5.12. The Morgan fingerprint density at radius 1 is 1.67 bits per heavy atom. The van der Waals surface area contributed by atoms with Crippen molar-refractivity contribution in [2.75, 3.05) is 0 Å². The Morgan fingerprint density at radius 3 is 2.73 bits per heavy atom. The topological polar surface area (TPSA) is 58.3 Å². The van der Waals surface area contributed by atoms with Crippen LogP contribution in [0.3, 0.4) is 0 Å². The van der Waals surface area contributed by atoms with Crippen molar-refractivity contribution in [1.82, 2.24) is 4.72 Å². The van der Waals surface area contributed by atoms with Crippen LogP contribution in [0.15, 0.2) is 23.8 Å². The molecule has 0 spiro atoms. The first-order chi connectivity index (χ1) is 7.00. The van der Waals surface area contributed by atoms with Crippen LogP contribution < -0.4 is 10.5 Å². The third kappa shape index (κ3) is 3.86. The summed E-state index contributed by atoms with van der Waals surface area (Å²) in [6, 6.07) is 0.269. The molecule has 3 atom stereocenters. The molecule has 4 heteroatoms. The second-order valence-electron chi connectivity index (χ2n) is 3.98. The van der Waals surface area contributed by atoms with Crippen molar-refractivity contribution in [2.24, 2.45) is 5.73 Å². The molecular weight excluding hydrogens is 208 g/mol. The summed E-state index contributed by atoms with van der Waals surface area (Å²) in [6.45, 7) is 4.21.